The maximum atomic E-state index is 5.83. The van der Waals surface area contributed by atoms with E-state index in [0.717, 1.165) is 21.7 Å². The molecule has 38 heavy (non-hydrogen) atoms. The van der Waals surface area contributed by atoms with Crippen molar-refractivity contribution in [2.45, 2.75) is 154 Å². The van der Waals surface area contributed by atoms with E-state index in [9.17, 15) is 0 Å². The second-order valence-corrected chi connectivity index (χ2v) is 17.2. The third-order valence-corrected chi connectivity index (χ3v) is 14.1. The van der Waals surface area contributed by atoms with Gasteiger partial charge in [0, 0.05) is 36.7 Å². The molecule has 0 amide bonds. The van der Waals surface area contributed by atoms with Gasteiger partial charge in [-0.3, -0.25) is 0 Å². The molecular formula is C30H56N2S6. The summed E-state index contributed by atoms with van der Waals surface area (Å²) in [7, 11) is 7.72. The molecule has 0 heterocycles. The Hall–Kier alpha value is 1.18. The molecule has 0 saturated heterocycles. The SMILES string of the molecule is CCCN(C(=S)SSCCCCCCCCCCSSC(=S)N(CCC)C1CCCCC1)C1CCCCC1. The molecule has 0 atom stereocenters. The van der Waals surface area contributed by atoms with Gasteiger partial charge in [-0.1, -0.05) is 137 Å². The van der Waals surface area contributed by atoms with Crippen molar-refractivity contribution in [1.82, 2.24) is 9.80 Å². The lowest BCUT2D eigenvalue weighted by atomic mass is 9.94. The van der Waals surface area contributed by atoms with Crippen molar-refractivity contribution in [3.05, 3.63) is 0 Å². The van der Waals surface area contributed by atoms with Crippen LogP contribution in [0.25, 0.3) is 0 Å². The molecule has 2 saturated carbocycles. The lowest BCUT2D eigenvalue weighted by Gasteiger charge is -2.35. The Balaban J connectivity index is 1.39. The molecule has 8 heteroatoms. The number of hydrogen-bond acceptors (Lipinski definition) is 6. The van der Waals surface area contributed by atoms with Crippen molar-refractivity contribution in [3.8, 4) is 0 Å². The molecule has 2 nitrogen and oxygen atoms in total. The Morgan fingerprint density at radius 2 is 0.895 bits per heavy atom. The van der Waals surface area contributed by atoms with Crippen molar-refractivity contribution in [1.29, 1.82) is 0 Å². The van der Waals surface area contributed by atoms with Crippen molar-refractivity contribution in [3.63, 3.8) is 0 Å². The number of nitrogens with zero attached hydrogens (tertiary/aromatic N) is 2. The van der Waals surface area contributed by atoms with Gasteiger partial charge in [0.25, 0.3) is 0 Å². The summed E-state index contributed by atoms with van der Waals surface area (Å²) in [5, 5.41) is 0. The molecule has 0 unspecified atom stereocenters. The van der Waals surface area contributed by atoms with E-state index in [1.165, 1.54) is 140 Å². The maximum absolute atomic E-state index is 5.83. The minimum atomic E-state index is 0.710. The fourth-order valence-corrected chi connectivity index (χ4v) is 11.2. The van der Waals surface area contributed by atoms with Crippen LogP contribution < -0.4 is 0 Å². The van der Waals surface area contributed by atoms with Crippen LogP contribution in [0.3, 0.4) is 0 Å². The van der Waals surface area contributed by atoms with Gasteiger partial charge < -0.3 is 9.80 Å². The summed E-state index contributed by atoms with van der Waals surface area (Å²) < 4.78 is 2.29. The Kier molecular flexibility index (Phi) is 22.1. The molecule has 0 aromatic rings. The van der Waals surface area contributed by atoms with E-state index in [1.807, 2.05) is 43.2 Å². The molecule has 222 valence electrons. The zero-order chi connectivity index (χ0) is 27.3. The van der Waals surface area contributed by atoms with Crippen LogP contribution in [0.5, 0.6) is 0 Å². The van der Waals surface area contributed by atoms with E-state index >= 15 is 0 Å². The third-order valence-electron chi connectivity index (χ3n) is 7.89. The first-order valence-corrected chi connectivity index (χ1v) is 21.3. The zero-order valence-corrected chi connectivity index (χ0v) is 29.4. The monoisotopic (exact) mass is 636 g/mol. The molecule has 0 bridgehead atoms. The zero-order valence-electron chi connectivity index (χ0n) is 24.5. The second kappa shape index (κ2) is 23.7. The molecule has 0 N–H and O–H groups in total. The average molecular weight is 637 g/mol. The average Bonchev–Trinajstić information content (AvgIpc) is 2.95. The van der Waals surface area contributed by atoms with Crippen LogP contribution in [-0.4, -0.2) is 55.1 Å². The topological polar surface area (TPSA) is 6.48 Å². The Labute approximate surface area is 263 Å². The molecule has 2 fully saturated rings. The molecular weight excluding hydrogens is 581 g/mol. The minimum absolute atomic E-state index is 0.710. The van der Waals surface area contributed by atoms with Crippen LogP contribution in [0.1, 0.15) is 142 Å². The minimum Gasteiger partial charge on any atom is -0.354 e. The van der Waals surface area contributed by atoms with Crippen LogP contribution >= 0.6 is 67.6 Å². The van der Waals surface area contributed by atoms with Gasteiger partial charge in [0.05, 0.1) is 0 Å². The highest BCUT2D eigenvalue weighted by Crippen LogP contribution is 2.32. The Morgan fingerprint density at radius 3 is 1.24 bits per heavy atom. The summed E-state index contributed by atoms with van der Waals surface area (Å²) in [6, 6.07) is 1.42. The maximum Gasteiger partial charge on any atom is 0.147 e. The fourth-order valence-electron chi connectivity index (χ4n) is 5.78. The van der Waals surface area contributed by atoms with Crippen LogP contribution in [-0.2, 0) is 0 Å². The number of rotatable bonds is 19. The van der Waals surface area contributed by atoms with E-state index in [2.05, 4.69) is 23.6 Å². The highest BCUT2D eigenvalue weighted by atomic mass is 33.1. The summed E-state index contributed by atoms with van der Waals surface area (Å²) in [6.45, 7) is 6.84. The van der Waals surface area contributed by atoms with Gasteiger partial charge in [-0.2, -0.15) is 0 Å². The molecule has 2 aliphatic carbocycles. The number of unbranched alkanes of at least 4 members (excludes halogenated alkanes) is 7. The third kappa shape index (κ3) is 15.4. The first kappa shape index (κ1) is 35.4. The number of thiocarbonyl (C=S) groups is 2. The summed E-state index contributed by atoms with van der Waals surface area (Å²) in [5.41, 5.74) is 0. The summed E-state index contributed by atoms with van der Waals surface area (Å²) in [6.07, 6.45) is 27.2. The first-order valence-electron chi connectivity index (χ1n) is 15.9. The highest BCUT2D eigenvalue weighted by Gasteiger charge is 2.24. The van der Waals surface area contributed by atoms with Gasteiger partial charge in [0.2, 0.25) is 0 Å². The van der Waals surface area contributed by atoms with Crippen molar-refractivity contribution in [2.75, 3.05) is 24.6 Å². The van der Waals surface area contributed by atoms with Crippen LogP contribution in [0.4, 0.5) is 0 Å². The quantitative estimate of drug-likeness (QED) is 0.0775. The van der Waals surface area contributed by atoms with Crippen LogP contribution in [0.15, 0.2) is 0 Å². The molecule has 0 radical (unpaired) electrons. The summed E-state index contributed by atoms with van der Waals surface area (Å²) in [4.78, 5) is 5.10. The highest BCUT2D eigenvalue weighted by molar-refractivity contribution is 8.84. The lowest BCUT2D eigenvalue weighted by Crippen LogP contribution is -2.39. The molecule has 0 aromatic carbocycles. The van der Waals surface area contributed by atoms with E-state index in [0.29, 0.717) is 12.1 Å². The molecule has 2 aliphatic rings. The molecule has 0 spiro atoms. The van der Waals surface area contributed by atoms with E-state index in [1.54, 1.807) is 0 Å². The summed E-state index contributed by atoms with van der Waals surface area (Å²) >= 11 is 11.7. The van der Waals surface area contributed by atoms with Gasteiger partial charge >= 0.3 is 0 Å². The van der Waals surface area contributed by atoms with E-state index in [4.69, 9.17) is 24.4 Å². The number of hydrogen-bond donors (Lipinski definition) is 0. The first-order chi connectivity index (χ1) is 18.7. The molecule has 0 aromatic heterocycles. The molecule has 2 rings (SSSR count). The van der Waals surface area contributed by atoms with Gasteiger partial charge in [0.15, 0.2) is 0 Å². The predicted molar refractivity (Wildman–Crippen MR) is 190 cm³/mol. The van der Waals surface area contributed by atoms with Gasteiger partial charge in [0.1, 0.15) is 8.64 Å². The van der Waals surface area contributed by atoms with Gasteiger partial charge in [-0.05, 0) is 73.0 Å². The van der Waals surface area contributed by atoms with Crippen molar-refractivity contribution < 1.29 is 0 Å². The second-order valence-electron chi connectivity index (χ2n) is 11.1. The van der Waals surface area contributed by atoms with Crippen molar-refractivity contribution in [2.24, 2.45) is 0 Å². The normalized spacial score (nSPS) is 17.0. The van der Waals surface area contributed by atoms with Gasteiger partial charge in [-0.25, -0.2) is 0 Å². The Bertz CT molecular complexity index is 556. The Morgan fingerprint density at radius 1 is 0.553 bits per heavy atom. The lowest BCUT2D eigenvalue weighted by molar-refractivity contribution is 0.251. The van der Waals surface area contributed by atoms with E-state index < -0.39 is 0 Å². The van der Waals surface area contributed by atoms with Crippen molar-refractivity contribution >= 4 is 76.3 Å². The smallest absolute Gasteiger partial charge is 0.147 e. The standard InChI is InChI=1S/C30H56N2S6/c1-3-23-31(27-19-13-11-14-20-27)29(33)37-35-25-17-9-7-5-6-8-10-18-26-36-38-30(34)32(24-4-2)28-21-15-12-16-22-28/h27-28H,3-26H2,1-2H3. The van der Waals surface area contributed by atoms with Crippen LogP contribution in [0.2, 0.25) is 0 Å². The molecule has 0 aliphatic heterocycles. The fraction of sp³-hybridized carbons (Fsp3) is 0.933. The van der Waals surface area contributed by atoms with Gasteiger partial charge in [-0.15, -0.1) is 0 Å². The predicted octanol–water partition coefficient (Wildman–Crippen LogP) is 11.5. The van der Waals surface area contributed by atoms with Crippen LogP contribution in [0, 0.1) is 0 Å². The van der Waals surface area contributed by atoms with E-state index in [-0.39, 0.29) is 0 Å². The summed E-state index contributed by atoms with van der Waals surface area (Å²) in [5.74, 6) is 2.48. The largest absolute Gasteiger partial charge is 0.354 e.